The van der Waals surface area contributed by atoms with Gasteiger partial charge in [-0.25, -0.2) is 13.1 Å². The summed E-state index contributed by atoms with van der Waals surface area (Å²) in [6, 6.07) is 3.81. The highest BCUT2D eigenvalue weighted by atomic mass is 32.2. The molecule has 0 aliphatic carbocycles. The first-order chi connectivity index (χ1) is 8.77. The van der Waals surface area contributed by atoms with E-state index in [1.165, 1.54) is 18.2 Å². The number of carbonyl (C=O) groups excluding carboxylic acids is 1. The fraction of sp³-hybridized carbons (Fsp3) is 0.417. The van der Waals surface area contributed by atoms with Gasteiger partial charge in [0.25, 0.3) is 0 Å². The maximum absolute atomic E-state index is 12.2. The van der Waals surface area contributed by atoms with Gasteiger partial charge in [0.15, 0.2) is 0 Å². The van der Waals surface area contributed by atoms with Crippen LogP contribution in [-0.4, -0.2) is 27.0 Å². The summed E-state index contributed by atoms with van der Waals surface area (Å²) >= 11 is 0. The molecule has 0 aromatic heterocycles. The molecule has 0 saturated carbocycles. The van der Waals surface area contributed by atoms with Gasteiger partial charge in [-0.05, 0) is 39.0 Å². The van der Waals surface area contributed by atoms with Crippen molar-refractivity contribution in [3.8, 4) is 5.75 Å². The highest BCUT2D eigenvalue weighted by molar-refractivity contribution is 7.89. The third-order valence-electron chi connectivity index (χ3n) is 2.21. The number of primary amides is 1. The molecule has 0 atom stereocenters. The van der Waals surface area contributed by atoms with E-state index < -0.39 is 15.9 Å². The van der Waals surface area contributed by atoms with Gasteiger partial charge in [-0.15, -0.1) is 0 Å². The lowest BCUT2D eigenvalue weighted by molar-refractivity contribution is 0.1000. The van der Waals surface area contributed by atoms with Gasteiger partial charge < -0.3 is 10.5 Å². The number of hydrogen-bond donors (Lipinski definition) is 2. The average molecular weight is 286 g/mol. The summed E-state index contributed by atoms with van der Waals surface area (Å²) in [4.78, 5) is 11.1. The van der Waals surface area contributed by atoms with Crippen molar-refractivity contribution in [2.45, 2.75) is 31.7 Å². The summed E-state index contributed by atoms with van der Waals surface area (Å²) in [6.07, 6.45) is 0. The van der Waals surface area contributed by atoms with Crippen LogP contribution in [0.25, 0.3) is 0 Å². The van der Waals surface area contributed by atoms with Crippen molar-refractivity contribution in [3.05, 3.63) is 23.8 Å². The number of sulfonamides is 1. The molecule has 0 radical (unpaired) electrons. The predicted molar refractivity (Wildman–Crippen MR) is 71.6 cm³/mol. The standard InChI is InChI=1S/C12H18N2O4S/c1-4-18-10-6-5-9(12(13)15)7-11(10)19(16,17)14-8(2)3/h5-8,14H,4H2,1-3H3,(H2,13,15). The van der Waals surface area contributed by atoms with Gasteiger partial charge in [0.05, 0.1) is 6.61 Å². The van der Waals surface area contributed by atoms with Gasteiger partial charge in [0, 0.05) is 11.6 Å². The number of rotatable bonds is 6. The van der Waals surface area contributed by atoms with Crippen molar-refractivity contribution in [1.29, 1.82) is 0 Å². The second-order valence-electron chi connectivity index (χ2n) is 4.23. The van der Waals surface area contributed by atoms with Crippen molar-refractivity contribution in [2.24, 2.45) is 5.73 Å². The minimum Gasteiger partial charge on any atom is -0.492 e. The lowest BCUT2D eigenvalue weighted by atomic mass is 10.2. The van der Waals surface area contributed by atoms with E-state index in [1.54, 1.807) is 20.8 Å². The number of ether oxygens (including phenoxy) is 1. The first-order valence-corrected chi connectivity index (χ1v) is 7.35. The predicted octanol–water partition coefficient (Wildman–Crippen LogP) is 0.871. The monoisotopic (exact) mass is 286 g/mol. The molecule has 0 aliphatic rings. The number of carbonyl (C=O) groups is 1. The third kappa shape index (κ3) is 3.93. The van der Waals surface area contributed by atoms with E-state index in [4.69, 9.17) is 10.5 Å². The Bertz CT molecular complexity index is 567. The number of hydrogen-bond acceptors (Lipinski definition) is 4. The molecule has 19 heavy (non-hydrogen) atoms. The van der Waals surface area contributed by atoms with Gasteiger partial charge in [0.2, 0.25) is 15.9 Å². The molecule has 1 amide bonds. The molecular formula is C12H18N2O4S. The van der Waals surface area contributed by atoms with Crippen LogP contribution in [0.15, 0.2) is 23.1 Å². The molecule has 0 unspecified atom stereocenters. The molecular weight excluding hydrogens is 268 g/mol. The van der Waals surface area contributed by atoms with Crippen LogP contribution in [0.2, 0.25) is 0 Å². The topological polar surface area (TPSA) is 98.5 Å². The summed E-state index contributed by atoms with van der Waals surface area (Å²) in [5, 5.41) is 0. The maximum atomic E-state index is 12.2. The number of amides is 1. The quantitative estimate of drug-likeness (QED) is 0.810. The molecule has 0 aliphatic heterocycles. The smallest absolute Gasteiger partial charge is 0.248 e. The molecule has 1 aromatic rings. The molecule has 6 nitrogen and oxygen atoms in total. The van der Waals surface area contributed by atoms with Gasteiger partial charge in [-0.1, -0.05) is 0 Å². The van der Waals surface area contributed by atoms with E-state index in [-0.39, 0.29) is 22.3 Å². The van der Waals surface area contributed by atoms with Crippen LogP contribution in [0.1, 0.15) is 31.1 Å². The largest absolute Gasteiger partial charge is 0.492 e. The van der Waals surface area contributed by atoms with E-state index in [0.717, 1.165) is 0 Å². The van der Waals surface area contributed by atoms with Gasteiger partial charge in [-0.3, -0.25) is 4.79 Å². The van der Waals surface area contributed by atoms with E-state index >= 15 is 0 Å². The number of nitrogens with one attached hydrogen (secondary N) is 1. The minimum atomic E-state index is -3.75. The zero-order valence-electron chi connectivity index (χ0n) is 11.1. The van der Waals surface area contributed by atoms with Crippen molar-refractivity contribution in [2.75, 3.05) is 6.61 Å². The highest BCUT2D eigenvalue weighted by Crippen LogP contribution is 2.25. The van der Waals surface area contributed by atoms with Gasteiger partial charge in [-0.2, -0.15) is 0 Å². The average Bonchev–Trinajstić information content (AvgIpc) is 2.27. The summed E-state index contributed by atoms with van der Waals surface area (Å²) < 4.78 is 32.0. The van der Waals surface area contributed by atoms with E-state index in [2.05, 4.69) is 4.72 Å². The van der Waals surface area contributed by atoms with E-state index in [9.17, 15) is 13.2 Å². The lowest BCUT2D eigenvalue weighted by Gasteiger charge is -2.14. The van der Waals surface area contributed by atoms with Crippen LogP contribution >= 0.6 is 0 Å². The lowest BCUT2D eigenvalue weighted by Crippen LogP contribution is -2.30. The first kappa shape index (κ1) is 15.5. The van der Waals surface area contributed by atoms with E-state index in [0.29, 0.717) is 6.61 Å². The van der Waals surface area contributed by atoms with Crippen LogP contribution in [0.4, 0.5) is 0 Å². The zero-order valence-corrected chi connectivity index (χ0v) is 12.0. The van der Waals surface area contributed by atoms with Crippen molar-refractivity contribution in [1.82, 2.24) is 4.72 Å². The summed E-state index contributed by atoms with van der Waals surface area (Å²) in [5.41, 5.74) is 5.27. The van der Waals surface area contributed by atoms with Crippen LogP contribution in [0.3, 0.4) is 0 Å². The Morgan fingerprint density at radius 3 is 2.53 bits per heavy atom. The molecule has 0 bridgehead atoms. The highest BCUT2D eigenvalue weighted by Gasteiger charge is 2.22. The molecule has 1 rings (SSSR count). The van der Waals surface area contributed by atoms with Crippen molar-refractivity contribution >= 4 is 15.9 Å². The van der Waals surface area contributed by atoms with Gasteiger partial charge in [0.1, 0.15) is 10.6 Å². The van der Waals surface area contributed by atoms with Crippen LogP contribution in [0.5, 0.6) is 5.75 Å². The molecule has 0 fully saturated rings. The third-order valence-corrected chi connectivity index (χ3v) is 3.89. The van der Waals surface area contributed by atoms with Crippen LogP contribution in [-0.2, 0) is 10.0 Å². The fourth-order valence-corrected chi connectivity index (χ4v) is 2.94. The number of benzene rings is 1. The van der Waals surface area contributed by atoms with Crippen LogP contribution < -0.4 is 15.2 Å². The summed E-state index contributed by atoms with van der Waals surface area (Å²) in [7, 11) is -3.75. The molecule has 0 heterocycles. The molecule has 0 spiro atoms. The zero-order chi connectivity index (χ0) is 14.6. The normalized spacial score (nSPS) is 11.6. The number of nitrogens with two attached hydrogens (primary N) is 1. The molecule has 7 heteroatoms. The molecule has 1 aromatic carbocycles. The molecule has 0 saturated heterocycles. The Labute approximate surface area is 113 Å². The SMILES string of the molecule is CCOc1ccc(C(N)=O)cc1S(=O)(=O)NC(C)C. The Kier molecular flexibility index (Phi) is 4.90. The minimum absolute atomic E-state index is 0.0839. The maximum Gasteiger partial charge on any atom is 0.248 e. The fourth-order valence-electron chi connectivity index (χ4n) is 1.52. The Balaban J connectivity index is 3.36. The molecule has 106 valence electrons. The van der Waals surface area contributed by atoms with Crippen molar-refractivity contribution in [3.63, 3.8) is 0 Å². The van der Waals surface area contributed by atoms with E-state index in [1.807, 2.05) is 0 Å². The van der Waals surface area contributed by atoms with Crippen molar-refractivity contribution < 1.29 is 17.9 Å². The first-order valence-electron chi connectivity index (χ1n) is 5.87. The van der Waals surface area contributed by atoms with Gasteiger partial charge >= 0.3 is 0 Å². The second-order valence-corrected chi connectivity index (χ2v) is 5.92. The Morgan fingerprint density at radius 2 is 2.05 bits per heavy atom. The van der Waals surface area contributed by atoms with Crippen LogP contribution in [0, 0.1) is 0 Å². The Hall–Kier alpha value is -1.60. The molecule has 3 N–H and O–H groups in total. The second kappa shape index (κ2) is 6.03. The Morgan fingerprint density at radius 1 is 1.42 bits per heavy atom. The summed E-state index contributed by atoms with van der Waals surface area (Å²) in [6.45, 7) is 5.47. The summed E-state index contributed by atoms with van der Waals surface area (Å²) in [5.74, 6) is -0.496.